The van der Waals surface area contributed by atoms with Crippen molar-refractivity contribution in [2.45, 2.75) is 0 Å². The minimum atomic E-state index is 1.08. The molecule has 11 aromatic rings. The Morgan fingerprint density at radius 1 is 0.190 bits per heavy atom. The zero-order valence-electron chi connectivity index (χ0n) is 34.8. The highest BCUT2D eigenvalue weighted by molar-refractivity contribution is 5.99. The van der Waals surface area contributed by atoms with Gasteiger partial charge in [0.2, 0.25) is 0 Å². The van der Waals surface area contributed by atoms with Crippen LogP contribution >= 0.6 is 0 Å². The summed E-state index contributed by atoms with van der Waals surface area (Å²) in [6.07, 6.45) is 0. The van der Waals surface area contributed by atoms with Crippen molar-refractivity contribution in [3.8, 4) is 66.8 Å². The molecule has 0 saturated heterocycles. The third-order valence-corrected chi connectivity index (χ3v) is 12.3. The van der Waals surface area contributed by atoms with Crippen LogP contribution in [0.4, 0.5) is 17.1 Å². The van der Waals surface area contributed by atoms with E-state index in [1.807, 2.05) is 0 Å². The number of hydrogen-bond acceptors (Lipinski definition) is 1. The molecule has 0 saturated carbocycles. The maximum atomic E-state index is 2.38. The van der Waals surface area contributed by atoms with Gasteiger partial charge in [-0.05, 0) is 131 Å². The van der Waals surface area contributed by atoms with Crippen LogP contribution in [0.2, 0.25) is 0 Å². The fourth-order valence-electron chi connectivity index (χ4n) is 9.23. The van der Waals surface area contributed by atoms with Gasteiger partial charge >= 0.3 is 0 Å². The largest absolute Gasteiger partial charge is 0.310 e. The first-order chi connectivity index (χ1) is 31.2. The van der Waals surface area contributed by atoms with E-state index < -0.39 is 0 Å². The standard InChI is InChI=1S/C62H43N/c1-2-16-45(17-3-1)57-28-8-10-30-61(57)62-31-11-9-29-58(62)48-36-40-53(41-37-48)63(54-25-13-24-51(43-54)60-33-15-21-47-19-5-7-27-56(47)60)52-38-34-44(35-39-52)49-22-12-23-50(42-49)59-32-14-20-46-18-4-6-26-55(46)59/h1-43H. The van der Waals surface area contributed by atoms with Crippen molar-refractivity contribution < 1.29 is 0 Å². The van der Waals surface area contributed by atoms with Crippen molar-refractivity contribution in [3.05, 3.63) is 261 Å². The number of benzene rings is 11. The number of nitrogens with zero attached hydrogens (tertiary/aromatic N) is 1. The second-order valence-electron chi connectivity index (χ2n) is 16.1. The van der Waals surface area contributed by atoms with Gasteiger partial charge in [-0.1, -0.05) is 218 Å². The molecule has 0 spiro atoms. The SMILES string of the molecule is c1ccc(-c2ccccc2-c2ccccc2-c2ccc(N(c3ccc(-c4cccc(-c5cccc6ccccc56)c4)cc3)c3cccc(-c4cccc5ccccc45)c3)cc2)cc1. The van der Waals surface area contributed by atoms with Crippen LogP contribution in [0.3, 0.4) is 0 Å². The summed E-state index contributed by atoms with van der Waals surface area (Å²) in [5.74, 6) is 0. The molecule has 0 aliphatic carbocycles. The van der Waals surface area contributed by atoms with Gasteiger partial charge in [-0.25, -0.2) is 0 Å². The monoisotopic (exact) mass is 801 g/mol. The predicted octanol–water partition coefficient (Wildman–Crippen LogP) is 17.5. The van der Waals surface area contributed by atoms with Crippen LogP contribution in [0.5, 0.6) is 0 Å². The van der Waals surface area contributed by atoms with E-state index in [2.05, 4.69) is 266 Å². The number of fused-ring (bicyclic) bond motifs is 2. The van der Waals surface area contributed by atoms with Crippen LogP contribution in [0.1, 0.15) is 0 Å². The minimum Gasteiger partial charge on any atom is -0.310 e. The second-order valence-corrected chi connectivity index (χ2v) is 16.1. The third kappa shape index (κ3) is 7.37. The molecule has 0 radical (unpaired) electrons. The van der Waals surface area contributed by atoms with Crippen LogP contribution in [-0.2, 0) is 0 Å². The van der Waals surface area contributed by atoms with Crippen molar-refractivity contribution in [2.24, 2.45) is 0 Å². The van der Waals surface area contributed by atoms with Crippen molar-refractivity contribution in [2.75, 3.05) is 4.90 Å². The average Bonchev–Trinajstić information content (AvgIpc) is 3.37. The molecule has 0 amide bonds. The molecule has 11 aromatic carbocycles. The molecular weight excluding hydrogens is 759 g/mol. The van der Waals surface area contributed by atoms with E-state index in [0.29, 0.717) is 0 Å². The Kier molecular flexibility index (Phi) is 9.97. The smallest absolute Gasteiger partial charge is 0.0467 e. The molecule has 0 bridgehead atoms. The molecule has 1 heteroatoms. The summed E-state index contributed by atoms with van der Waals surface area (Å²) in [7, 11) is 0. The van der Waals surface area contributed by atoms with Gasteiger partial charge in [-0.3, -0.25) is 0 Å². The molecule has 0 heterocycles. The molecule has 0 unspecified atom stereocenters. The molecule has 63 heavy (non-hydrogen) atoms. The van der Waals surface area contributed by atoms with E-state index >= 15 is 0 Å². The maximum Gasteiger partial charge on any atom is 0.0467 e. The highest BCUT2D eigenvalue weighted by Gasteiger charge is 2.17. The summed E-state index contributed by atoms with van der Waals surface area (Å²) < 4.78 is 0. The van der Waals surface area contributed by atoms with Gasteiger partial charge in [-0.2, -0.15) is 0 Å². The second kappa shape index (κ2) is 16.7. The summed E-state index contributed by atoms with van der Waals surface area (Å²) in [6, 6.07) is 94.6. The lowest BCUT2D eigenvalue weighted by Gasteiger charge is -2.27. The number of anilines is 3. The molecule has 1 nitrogen and oxygen atoms in total. The lowest BCUT2D eigenvalue weighted by molar-refractivity contribution is 1.28. The Hall–Kier alpha value is -8.26. The Morgan fingerprint density at radius 3 is 1.16 bits per heavy atom. The molecule has 296 valence electrons. The van der Waals surface area contributed by atoms with E-state index in [1.165, 1.54) is 88.3 Å². The van der Waals surface area contributed by atoms with Crippen LogP contribution in [0.25, 0.3) is 88.3 Å². The van der Waals surface area contributed by atoms with E-state index in [9.17, 15) is 0 Å². The van der Waals surface area contributed by atoms with Crippen molar-refractivity contribution in [1.82, 2.24) is 0 Å². The van der Waals surface area contributed by atoms with Gasteiger partial charge in [0.1, 0.15) is 0 Å². The molecule has 0 aliphatic heterocycles. The van der Waals surface area contributed by atoms with E-state index in [0.717, 1.165) is 17.1 Å². The first kappa shape index (κ1) is 37.7. The molecule has 0 aromatic heterocycles. The van der Waals surface area contributed by atoms with E-state index in [4.69, 9.17) is 0 Å². The summed E-state index contributed by atoms with van der Waals surface area (Å²) in [4.78, 5) is 2.38. The number of rotatable bonds is 9. The van der Waals surface area contributed by atoms with Gasteiger partial charge in [0.25, 0.3) is 0 Å². The van der Waals surface area contributed by atoms with Crippen LogP contribution in [0.15, 0.2) is 261 Å². The first-order valence-corrected chi connectivity index (χ1v) is 21.7. The van der Waals surface area contributed by atoms with E-state index in [-0.39, 0.29) is 0 Å². The van der Waals surface area contributed by atoms with Crippen molar-refractivity contribution in [3.63, 3.8) is 0 Å². The number of hydrogen-bond donors (Lipinski definition) is 0. The highest BCUT2D eigenvalue weighted by Crippen LogP contribution is 2.42. The predicted molar refractivity (Wildman–Crippen MR) is 269 cm³/mol. The fourth-order valence-corrected chi connectivity index (χ4v) is 9.23. The van der Waals surface area contributed by atoms with Gasteiger partial charge < -0.3 is 4.90 Å². The van der Waals surface area contributed by atoms with Crippen LogP contribution in [-0.4, -0.2) is 0 Å². The molecule has 11 rings (SSSR count). The normalized spacial score (nSPS) is 11.2. The lowest BCUT2D eigenvalue weighted by atomic mass is 9.89. The van der Waals surface area contributed by atoms with Crippen molar-refractivity contribution >= 4 is 38.6 Å². The molecule has 0 aliphatic rings. The molecule has 0 atom stereocenters. The minimum absolute atomic E-state index is 1.08. The molecule has 0 N–H and O–H groups in total. The summed E-state index contributed by atoms with van der Waals surface area (Å²) >= 11 is 0. The van der Waals surface area contributed by atoms with Gasteiger partial charge in [0, 0.05) is 17.1 Å². The summed E-state index contributed by atoms with van der Waals surface area (Å²) in [6.45, 7) is 0. The Balaban J connectivity index is 0.992. The zero-order chi connectivity index (χ0) is 42.0. The average molecular weight is 802 g/mol. The molecule has 0 fully saturated rings. The van der Waals surface area contributed by atoms with Crippen molar-refractivity contribution in [1.29, 1.82) is 0 Å². The highest BCUT2D eigenvalue weighted by atomic mass is 15.1. The Bertz CT molecular complexity index is 3370. The first-order valence-electron chi connectivity index (χ1n) is 21.7. The van der Waals surface area contributed by atoms with Crippen LogP contribution < -0.4 is 4.90 Å². The third-order valence-electron chi connectivity index (χ3n) is 12.3. The lowest BCUT2D eigenvalue weighted by Crippen LogP contribution is -2.10. The Morgan fingerprint density at radius 2 is 0.571 bits per heavy atom. The van der Waals surface area contributed by atoms with Gasteiger partial charge in [0.15, 0.2) is 0 Å². The quantitative estimate of drug-likeness (QED) is 0.141. The van der Waals surface area contributed by atoms with Crippen LogP contribution in [0, 0.1) is 0 Å². The summed E-state index contributed by atoms with van der Waals surface area (Å²) in [5.41, 5.74) is 17.7. The molecular formula is C62H43N. The fraction of sp³-hybridized carbons (Fsp3) is 0. The maximum absolute atomic E-state index is 2.38. The van der Waals surface area contributed by atoms with Gasteiger partial charge in [0.05, 0.1) is 0 Å². The van der Waals surface area contributed by atoms with E-state index in [1.54, 1.807) is 0 Å². The topological polar surface area (TPSA) is 3.24 Å². The zero-order valence-corrected chi connectivity index (χ0v) is 34.8. The summed E-state index contributed by atoms with van der Waals surface area (Å²) in [5, 5.41) is 5.00. The van der Waals surface area contributed by atoms with Gasteiger partial charge in [-0.15, -0.1) is 0 Å². The Labute approximate surface area is 369 Å².